The van der Waals surface area contributed by atoms with Crippen LogP contribution in [-0.4, -0.2) is 20.8 Å². The van der Waals surface area contributed by atoms with Crippen molar-refractivity contribution in [2.24, 2.45) is 11.8 Å². The summed E-state index contributed by atoms with van der Waals surface area (Å²) >= 11 is 0. The molecular formula is C10H18O3S. The maximum atomic E-state index is 11.0. The van der Waals surface area contributed by atoms with E-state index in [1.165, 1.54) is 25.7 Å². The molecule has 2 saturated carbocycles. The molecule has 0 amide bonds. The fourth-order valence-corrected chi connectivity index (χ4v) is 2.52. The number of hydrogen-bond acceptors (Lipinski definition) is 3. The van der Waals surface area contributed by atoms with Gasteiger partial charge in [0.2, 0.25) is 0 Å². The van der Waals surface area contributed by atoms with E-state index in [1.54, 1.807) is 0 Å². The topological polar surface area (TPSA) is 43.4 Å². The van der Waals surface area contributed by atoms with Crippen molar-refractivity contribution in [1.82, 2.24) is 0 Å². The lowest BCUT2D eigenvalue weighted by Crippen LogP contribution is -2.19. The summed E-state index contributed by atoms with van der Waals surface area (Å²) in [7, 11) is -3.26. The fourth-order valence-electron chi connectivity index (χ4n) is 1.87. The van der Waals surface area contributed by atoms with E-state index in [0.717, 1.165) is 30.9 Å². The van der Waals surface area contributed by atoms with E-state index in [9.17, 15) is 8.42 Å². The van der Waals surface area contributed by atoms with Gasteiger partial charge in [-0.3, -0.25) is 4.18 Å². The summed E-state index contributed by atoms with van der Waals surface area (Å²) in [5.74, 6) is 1.47. The van der Waals surface area contributed by atoms with Crippen molar-refractivity contribution >= 4 is 10.1 Å². The monoisotopic (exact) mass is 218 g/mol. The van der Waals surface area contributed by atoms with Crippen LogP contribution in [0.5, 0.6) is 0 Å². The van der Waals surface area contributed by atoms with Gasteiger partial charge in [-0.05, 0) is 24.7 Å². The van der Waals surface area contributed by atoms with E-state index < -0.39 is 10.1 Å². The van der Waals surface area contributed by atoms with Crippen LogP contribution in [-0.2, 0) is 14.3 Å². The maximum Gasteiger partial charge on any atom is 0.264 e. The van der Waals surface area contributed by atoms with Gasteiger partial charge < -0.3 is 0 Å². The Bertz CT molecular complexity index is 274. The predicted octanol–water partition coefficient (Wildman–Crippen LogP) is 1.93. The Labute approximate surface area is 86.0 Å². The van der Waals surface area contributed by atoms with Gasteiger partial charge in [-0.2, -0.15) is 8.42 Å². The largest absolute Gasteiger partial charge is 0.267 e. The Hall–Kier alpha value is -0.0900. The van der Waals surface area contributed by atoms with Crippen LogP contribution >= 0.6 is 0 Å². The average Bonchev–Trinajstić information content (AvgIpc) is 2.77. The predicted molar refractivity (Wildman–Crippen MR) is 54.4 cm³/mol. The fraction of sp³-hybridized carbons (Fsp3) is 1.00. The first kappa shape index (κ1) is 10.4. The first-order valence-corrected chi connectivity index (χ1v) is 7.23. The van der Waals surface area contributed by atoms with Gasteiger partial charge in [-0.25, -0.2) is 0 Å². The van der Waals surface area contributed by atoms with E-state index in [0.29, 0.717) is 0 Å². The van der Waals surface area contributed by atoms with Crippen molar-refractivity contribution in [3.8, 4) is 0 Å². The molecule has 3 nitrogen and oxygen atoms in total. The smallest absolute Gasteiger partial charge is 0.264 e. The first-order valence-electron chi connectivity index (χ1n) is 5.41. The first-order chi connectivity index (χ1) is 6.53. The Kier molecular flexibility index (Phi) is 2.84. The minimum atomic E-state index is -3.26. The van der Waals surface area contributed by atoms with Crippen LogP contribution in [0.25, 0.3) is 0 Å². The van der Waals surface area contributed by atoms with Crippen LogP contribution in [0.15, 0.2) is 0 Å². The van der Waals surface area contributed by atoms with Crippen molar-refractivity contribution in [2.45, 2.75) is 44.6 Å². The summed E-state index contributed by atoms with van der Waals surface area (Å²) in [6, 6.07) is 0. The molecule has 0 aromatic rings. The van der Waals surface area contributed by atoms with Crippen molar-refractivity contribution in [1.29, 1.82) is 0 Å². The Morgan fingerprint density at radius 1 is 1.14 bits per heavy atom. The summed E-state index contributed by atoms with van der Waals surface area (Å²) in [5, 5.41) is 0. The van der Waals surface area contributed by atoms with Crippen LogP contribution in [0.1, 0.15) is 38.5 Å². The molecule has 2 aliphatic carbocycles. The Balaban J connectivity index is 1.82. The molecule has 2 aliphatic rings. The second-order valence-corrected chi connectivity index (χ2v) is 6.38. The zero-order valence-corrected chi connectivity index (χ0v) is 9.42. The minimum Gasteiger partial charge on any atom is -0.267 e. The van der Waals surface area contributed by atoms with Gasteiger partial charge in [0.1, 0.15) is 0 Å². The van der Waals surface area contributed by atoms with Crippen LogP contribution in [0.2, 0.25) is 0 Å². The normalized spacial score (nSPS) is 23.0. The third-order valence-corrected chi connectivity index (χ3v) is 3.52. The van der Waals surface area contributed by atoms with Crippen LogP contribution in [0.3, 0.4) is 0 Å². The molecule has 2 rings (SSSR count). The van der Waals surface area contributed by atoms with Gasteiger partial charge in [0, 0.05) is 0 Å². The molecule has 0 saturated heterocycles. The van der Waals surface area contributed by atoms with Crippen molar-refractivity contribution < 1.29 is 12.6 Å². The molecule has 82 valence electrons. The van der Waals surface area contributed by atoms with Gasteiger partial charge >= 0.3 is 0 Å². The molecule has 2 fully saturated rings. The van der Waals surface area contributed by atoms with E-state index in [4.69, 9.17) is 4.18 Å². The highest BCUT2D eigenvalue weighted by molar-refractivity contribution is 7.86. The van der Waals surface area contributed by atoms with Crippen molar-refractivity contribution in [3.05, 3.63) is 0 Å². The van der Waals surface area contributed by atoms with E-state index in [2.05, 4.69) is 0 Å². The Morgan fingerprint density at radius 3 is 1.86 bits per heavy atom. The molecule has 0 aliphatic heterocycles. The summed E-state index contributed by atoms with van der Waals surface area (Å²) < 4.78 is 27.2. The summed E-state index contributed by atoms with van der Waals surface area (Å²) in [6.45, 7) is 0. The van der Waals surface area contributed by atoms with Crippen LogP contribution in [0, 0.1) is 11.8 Å². The molecule has 0 bridgehead atoms. The molecular weight excluding hydrogens is 200 g/mol. The number of hydrogen-bond donors (Lipinski definition) is 0. The van der Waals surface area contributed by atoms with Crippen LogP contribution < -0.4 is 0 Å². The molecule has 4 heteroatoms. The highest BCUT2D eigenvalue weighted by Gasteiger charge is 2.32. The van der Waals surface area contributed by atoms with Crippen molar-refractivity contribution in [2.75, 3.05) is 6.26 Å². The van der Waals surface area contributed by atoms with Gasteiger partial charge in [0.15, 0.2) is 0 Å². The van der Waals surface area contributed by atoms with Gasteiger partial charge in [0.25, 0.3) is 10.1 Å². The van der Waals surface area contributed by atoms with Gasteiger partial charge in [-0.15, -0.1) is 0 Å². The third-order valence-electron chi connectivity index (χ3n) is 2.90. The van der Waals surface area contributed by atoms with Crippen molar-refractivity contribution in [3.63, 3.8) is 0 Å². The second-order valence-electron chi connectivity index (χ2n) is 4.78. The zero-order chi connectivity index (χ0) is 10.2. The average molecular weight is 218 g/mol. The Morgan fingerprint density at radius 2 is 1.57 bits per heavy atom. The standard InChI is InChI=1S/C10H18O3S/c1-14(11,12)13-10(6-8-2-3-8)7-9-4-5-9/h8-10H,2-7H2,1H3. The summed E-state index contributed by atoms with van der Waals surface area (Å²) in [4.78, 5) is 0. The number of rotatable bonds is 6. The molecule has 0 heterocycles. The lowest BCUT2D eigenvalue weighted by Gasteiger charge is -2.15. The third kappa shape index (κ3) is 3.96. The lowest BCUT2D eigenvalue weighted by molar-refractivity contribution is 0.176. The molecule has 0 unspecified atom stereocenters. The molecule has 14 heavy (non-hydrogen) atoms. The summed E-state index contributed by atoms with van der Waals surface area (Å²) in [6.07, 6.45) is 8.04. The molecule has 0 aromatic carbocycles. The summed E-state index contributed by atoms with van der Waals surface area (Å²) in [5.41, 5.74) is 0. The van der Waals surface area contributed by atoms with Gasteiger partial charge in [0.05, 0.1) is 12.4 Å². The highest BCUT2D eigenvalue weighted by atomic mass is 32.2. The zero-order valence-electron chi connectivity index (χ0n) is 8.61. The molecule has 0 N–H and O–H groups in total. The second kappa shape index (κ2) is 3.81. The van der Waals surface area contributed by atoms with E-state index in [1.807, 2.05) is 0 Å². The lowest BCUT2D eigenvalue weighted by atomic mass is 10.1. The quantitative estimate of drug-likeness (QED) is 0.640. The highest BCUT2D eigenvalue weighted by Crippen LogP contribution is 2.40. The molecule has 0 aromatic heterocycles. The SMILES string of the molecule is CS(=O)(=O)OC(CC1CC1)CC1CC1. The van der Waals surface area contributed by atoms with E-state index in [-0.39, 0.29) is 6.10 Å². The molecule has 0 spiro atoms. The minimum absolute atomic E-state index is 0.0370. The molecule has 0 radical (unpaired) electrons. The van der Waals surface area contributed by atoms with Gasteiger partial charge in [-0.1, -0.05) is 25.7 Å². The maximum absolute atomic E-state index is 11.0. The van der Waals surface area contributed by atoms with E-state index >= 15 is 0 Å². The van der Waals surface area contributed by atoms with Crippen LogP contribution in [0.4, 0.5) is 0 Å². The molecule has 0 atom stereocenters.